The highest BCUT2D eigenvalue weighted by Gasteiger charge is 2.22. The number of methoxy groups -OCH3 is 1. The van der Waals surface area contributed by atoms with Gasteiger partial charge in [-0.2, -0.15) is 9.78 Å². The summed E-state index contributed by atoms with van der Waals surface area (Å²) in [4.78, 5) is 18.6. The average molecular weight is 417 g/mol. The van der Waals surface area contributed by atoms with E-state index < -0.39 is 16.0 Å². The number of hydrogen-bond acceptors (Lipinski definition) is 7. The van der Waals surface area contributed by atoms with Crippen LogP contribution in [-0.2, 0) is 14.8 Å². The molecule has 144 valence electrons. The van der Waals surface area contributed by atoms with Gasteiger partial charge in [-0.25, -0.2) is 18.2 Å². The van der Waals surface area contributed by atoms with Crippen molar-refractivity contribution in [3.05, 3.63) is 54.0 Å². The second-order valence-electron chi connectivity index (χ2n) is 5.89. The number of fused-ring (bicyclic) bond motifs is 1. The summed E-state index contributed by atoms with van der Waals surface area (Å²) in [5, 5.41) is 4.89. The largest absolute Gasteiger partial charge is 0.464 e. The van der Waals surface area contributed by atoms with Crippen LogP contribution in [0.4, 0.5) is 5.82 Å². The molecule has 0 saturated carbocycles. The van der Waals surface area contributed by atoms with Crippen LogP contribution >= 0.6 is 11.3 Å². The van der Waals surface area contributed by atoms with E-state index in [1.807, 2.05) is 24.3 Å². The number of thiazole rings is 1. The molecule has 0 spiro atoms. The van der Waals surface area contributed by atoms with E-state index in [4.69, 9.17) is 0 Å². The average Bonchev–Trinajstić information content (AvgIpc) is 3.38. The van der Waals surface area contributed by atoms with Crippen molar-refractivity contribution in [1.29, 1.82) is 0 Å². The number of sulfonamides is 1. The molecule has 0 amide bonds. The highest BCUT2D eigenvalue weighted by Crippen LogP contribution is 2.28. The molecule has 0 saturated heterocycles. The minimum Gasteiger partial charge on any atom is -0.464 e. The number of nitrogens with one attached hydrogen (secondary N) is 2. The monoisotopic (exact) mass is 417 g/mol. The van der Waals surface area contributed by atoms with Crippen molar-refractivity contribution < 1.29 is 17.9 Å². The molecular formula is C17H15N5O4S2. The Kier molecular flexibility index (Phi) is 4.40. The van der Waals surface area contributed by atoms with Gasteiger partial charge in [0, 0.05) is 12.3 Å². The van der Waals surface area contributed by atoms with Crippen LogP contribution in [-0.4, -0.2) is 41.2 Å². The van der Waals surface area contributed by atoms with Gasteiger partial charge in [0.1, 0.15) is 16.4 Å². The Balaban J connectivity index is 1.70. The molecule has 0 aliphatic rings. The molecule has 0 aliphatic carbocycles. The van der Waals surface area contributed by atoms with Gasteiger partial charge in [0.2, 0.25) is 5.13 Å². The van der Waals surface area contributed by atoms with Crippen LogP contribution in [0.3, 0.4) is 0 Å². The Bertz CT molecular complexity index is 1250. The fourth-order valence-electron chi connectivity index (χ4n) is 2.62. The molecule has 0 atom stereocenters. The minimum atomic E-state index is -3.95. The van der Waals surface area contributed by atoms with Crippen molar-refractivity contribution in [3.63, 3.8) is 0 Å². The summed E-state index contributed by atoms with van der Waals surface area (Å²) in [6, 6.07) is 10.4. The maximum atomic E-state index is 12.7. The van der Waals surface area contributed by atoms with Gasteiger partial charge < -0.3 is 9.72 Å². The maximum Gasteiger partial charge on any atom is 0.354 e. The Morgan fingerprint density at radius 1 is 1.29 bits per heavy atom. The standard InChI is InChI=1S/C17H15N5O4S2/c1-10-7-15(21-28(24,25)11-8-13(18-9-11)16(23)26-2)22(20-10)17-19-12-5-3-4-6-14(12)27-17/h3-9,18,21H,1-2H3. The summed E-state index contributed by atoms with van der Waals surface area (Å²) in [7, 11) is -2.74. The lowest BCUT2D eigenvalue weighted by molar-refractivity contribution is 0.0594. The number of para-hydroxylation sites is 1. The summed E-state index contributed by atoms with van der Waals surface area (Å²) in [6.07, 6.45) is 1.22. The van der Waals surface area contributed by atoms with Crippen LogP contribution in [0.1, 0.15) is 16.2 Å². The zero-order valence-electron chi connectivity index (χ0n) is 14.8. The summed E-state index contributed by atoms with van der Waals surface area (Å²) >= 11 is 1.40. The molecule has 1 aromatic carbocycles. The lowest BCUT2D eigenvalue weighted by atomic mass is 10.3. The van der Waals surface area contributed by atoms with E-state index >= 15 is 0 Å². The van der Waals surface area contributed by atoms with E-state index in [1.165, 1.54) is 35.4 Å². The number of anilines is 1. The summed E-state index contributed by atoms with van der Waals surface area (Å²) in [5.74, 6) is -0.408. The number of hydrogen-bond donors (Lipinski definition) is 2. The molecule has 2 N–H and O–H groups in total. The Morgan fingerprint density at radius 3 is 2.82 bits per heavy atom. The van der Waals surface area contributed by atoms with Crippen molar-refractivity contribution >= 4 is 43.4 Å². The van der Waals surface area contributed by atoms with Crippen LogP contribution < -0.4 is 4.72 Å². The quantitative estimate of drug-likeness (QED) is 0.482. The van der Waals surface area contributed by atoms with Gasteiger partial charge in [-0.1, -0.05) is 23.5 Å². The normalized spacial score (nSPS) is 11.6. The second kappa shape index (κ2) is 6.77. The number of benzene rings is 1. The first-order valence-electron chi connectivity index (χ1n) is 8.09. The van der Waals surface area contributed by atoms with Gasteiger partial charge in [0.15, 0.2) is 0 Å². The number of aromatic amines is 1. The third-order valence-electron chi connectivity index (χ3n) is 3.91. The van der Waals surface area contributed by atoms with Crippen LogP contribution in [0.2, 0.25) is 0 Å². The van der Waals surface area contributed by atoms with Gasteiger partial charge >= 0.3 is 5.97 Å². The zero-order chi connectivity index (χ0) is 19.9. The van der Waals surface area contributed by atoms with E-state index in [0.29, 0.717) is 10.8 Å². The van der Waals surface area contributed by atoms with Crippen molar-refractivity contribution in [3.8, 4) is 5.13 Å². The number of H-pyrrole nitrogens is 1. The molecule has 3 aromatic heterocycles. The van der Waals surface area contributed by atoms with Crippen LogP contribution in [0, 0.1) is 6.92 Å². The Labute approximate surface area is 164 Å². The van der Waals surface area contributed by atoms with Gasteiger partial charge in [-0.05, 0) is 25.1 Å². The molecule has 0 bridgehead atoms. The third-order valence-corrected chi connectivity index (χ3v) is 6.25. The number of rotatable bonds is 5. The first-order valence-corrected chi connectivity index (χ1v) is 10.4. The molecule has 4 rings (SSSR count). The summed E-state index contributed by atoms with van der Waals surface area (Å²) in [5.41, 5.74) is 1.47. The molecule has 0 unspecified atom stereocenters. The lowest BCUT2D eigenvalue weighted by Gasteiger charge is -2.07. The number of esters is 1. The summed E-state index contributed by atoms with van der Waals surface area (Å²) < 4.78 is 35.0. The topological polar surface area (TPSA) is 119 Å². The molecule has 4 aromatic rings. The van der Waals surface area contributed by atoms with E-state index in [2.05, 4.69) is 24.5 Å². The zero-order valence-corrected chi connectivity index (χ0v) is 16.5. The number of carbonyl (C=O) groups excluding carboxylic acids is 1. The molecule has 9 nitrogen and oxygen atoms in total. The number of ether oxygens (including phenoxy) is 1. The van der Waals surface area contributed by atoms with Crippen LogP contribution in [0.25, 0.3) is 15.3 Å². The highest BCUT2D eigenvalue weighted by atomic mass is 32.2. The molecular weight excluding hydrogens is 402 g/mol. The first-order chi connectivity index (χ1) is 13.4. The summed E-state index contributed by atoms with van der Waals surface area (Å²) in [6.45, 7) is 1.76. The van der Waals surface area contributed by atoms with Crippen molar-refractivity contribution in [2.24, 2.45) is 0 Å². The number of carbonyl (C=O) groups is 1. The number of aryl methyl sites for hydroxylation is 1. The van der Waals surface area contributed by atoms with E-state index in [0.717, 1.165) is 10.2 Å². The smallest absolute Gasteiger partial charge is 0.354 e. The molecule has 3 heterocycles. The van der Waals surface area contributed by atoms with E-state index in [1.54, 1.807) is 13.0 Å². The maximum absolute atomic E-state index is 12.7. The third kappa shape index (κ3) is 3.25. The minimum absolute atomic E-state index is 0.0405. The Morgan fingerprint density at radius 2 is 2.07 bits per heavy atom. The molecule has 0 fully saturated rings. The van der Waals surface area contributed by atoms with Gasteiger partial charge in [0.25, 0.3) is 10.0 Å². The van der Waals surface area contributed by atoms with Gasteiger partial charge in [-0.3, -0.25) is 4.72 Å². The fraction of sp³-hybridized carbons (Fsp3) is 0.118. The van der Waals surface area contributed by atoms with Crippen molar-refractivity contribution in [2.75, 3.05) is 11.8 Å². The van der Waals surface area contributed by atoms with Gasteiger partial charge in [0.05, 0.1) is 23.0 Å². The van der Waals surface area contributed by atoms with E-state index in [9.17, 15) is 13.2 Å². The molecule has 11 heteroatoms. The van der Waals surface area contributed by atoms with Crippen LogP contribution in [0.5, 0.6) is 0 Å². The molecule has 0 aliphatic heterocycles. The molecule has 0 radical (unpaired) electrons. The van der Waals surface area contributed by atoms with Crippen molar-refractivity contribution in [1.82, 2.24) is 19.7 Å². The van der Waals surface area contributed by atoms with E-state index in [-0.39, 0.29) is 16.4 Å². The fourth-order valence-corrected chi connectivity index (χ4v) is 4.58. The lowest BCUT2D eigenvalue weighted by Crippen LogP contribution is -2.15. The predicted octanol–water partition coefficient (Wildman–Crippen LogP) is 2.71. The second-order valence-corrected chi connectivity index (χ2v) is 8.58. The van der Waals surface area contributed by atoms with Crippen molar-refractivity contribution in [2.45, 2.75) is 11.8 Å². The Hall–Kier alpha value is -3.18. The highest BCUT2D eigenvalue weighted by molar-refractivity contribution is 7.92. The van der Waals surface area contributed by atoms with Gasteiger partial charge in [-0.15, -0.1) is 0 Å². The predicted molar refractivity (Wildman–Crippen MR) is 104 cm³/mol. The number of aromatic nitrogens is 4. The first kappa shape index (κ1) is 18.2. The SMILES string of the molecule is COC(=O)c1cc(S(=O)(=O)Nc2cc(C)nn2-c2nc3ccccc3s2)c[nH]1. The van der Waals surface area contributed by atoms with Crippen LogP contribution in [0.15, 0.2) is 47.5 Å². The number of nitrogens with zero attached hydrogens (tertiary/aromatic N) is 3. The molecule has 28 heavy (non-hydrogen) atoms.